The molecule has 9 aromatic carbocycles. The van der Waals surface area contributed by atoms with Crippen LogP contribution in [0.15, 0.2) is 206 Å². The third-order valence-electron chi connectivity index (χ3n) is 11.0. The van der Waals surface area contributed by atoms with Crippen molar-refractivity contribution in [2.45, 2.75) is 33.1 Å². The molecule has 0 nitrogen and oxygen atoms in total. The van der Waals surface area contributed by atoms with E-state index < -0.39 is 0 Å². The van der Waals surface area contributed by atoms with Gasteiger partial charge in [-0.15, -0.1) is 0 Å². The lowest BCUT2D eigenvalue weighted by Gasteiger charge is -2.30. The number of hydrogen-bond acceptors (Lipinski definition) is 0. The Morgan fingerprint density at radius 3 is 1.31 bits per heavy atom. The molecule has 0 unspecified atom stereocenters. The maximum atomic E-state index is 2.40. The monoisotopic (exact) mass is 706 g/mol. The van der Waals surface area contributed by atoms with Crippen LogP contribution in [0.4, 0.5) is 0 Å². The molecular formula is C55H46. The van der Waals surface area contributed by atoms with Gasteiger partial charge in [-0.1, -0.05) is 223 Å². The van der Waals surface area contributed by atoms with E-state index in [9.17, 15) is 0 Å². The van der Waals surface area contributed by atoms with Crippen molar-refractivity contribution >= 4 is 21.5 Å². The molecule has 0 bridgehead atoms. The van der Waals surface area contributed by atoms with E-state index in [1.54, 1.807) is 0 Å². The van der Waals surface area contributed by atoms with Gasteiger partial charge in [0.15, 0.2) is 0 Å². The molecule has 0 fully saturated rings. The predicted molar refractivity (Wildman–Crippen MR) is 236 cm³/mol. The summed E-state index contributed by atoms with van der Waals surface area (Å²) in [6.45, 7) is 8.54. The average Bonchev–Trinajstić information content (AvgIpc) is 3.69. The van der Waals surface area contributed by atoms with Gasteiger partial charge in [-0.2, -0.15) is 0 Å². The number of rotatable bonds is 0. The van der Waals surface area contributed by atoms with Gasteiger partial charge in [0.05, 0.1) is 5.41 Å². The Hall–Kier alpha value is -6.50. The Labute approximate surface area is 326 Å². The minimum absolute atomic E-state index is 0.189. The van der Waals surface area contributed by atoms with Crippen molar-refractivity contribution in [1.29, 1.82) is 0 Å². The smallest absolute Gasteiger partial charge is 0.0622 e. The lowest BCUT2D eigenvalue weighted by Crippen LogP contribution is -2.25. The van der Waals surface area contributed by atoms with Crippen LogP contribution in [0.3, 0.4) is 0 Å². The van der Waals surface area contributed by atoms with Crippen LogP contribution < -0.4 is 0 Å². The molecule has 266 valence electrons. The van der Waals surface area contributed by atoms with Crippen molar-refractivity contribution in [1.82, 2.24) is 0 Å². The minimum Gasteiger partial charge on any atom is -0.0622 e. The normalized spacial score (nSPS) is 12.1. The van der Waals surface area contributed by atoms with Crippen LogP contribution in [0.5, 0.6) is 0 Å². The minimum atomic E-state index is -0.189. The molecule has 0 aromatic heterocycles. The fourth-order valence-corrected chi connectivity index (χ4v) is 8.44. The van der Waals surface area contributed by atoms with E-state index in [0.717, 1.165) is 0 Å². The molecule has 9 aromatic rings. The topological polar surface area (TPSA) is 0 Å². The third kappa shape index (κ3) is 6.77. The highest BCUT2D eigenvalue weighted by atomic mass is 14.5. The molecule has 11 rings (SSSR count). The summed E-state index contributed by atoms with van der Waals surface area (Å²) in [5, 5.41) is 5.33. The highest BCUT2D eigenvalue weighted by Crippen LogP contribution is 2.62. The van der Waals surface area contributed by atoms with Crippen LogP contribution in [-0.2, 0) is 5.41 Å². The largest absolute Gasteiger partial charge is 0.0725 e. The number of fused-ring (bicyclic) bond motifs is 12. The average molecular weight is 707 g/mol. The Balaban J connectivity index is 0.000000121. The van der Waals surface area contributed by atoms with Gasteiger partial charge in [-0.25, -0.2) is 0 Å². The molecule has 0 radical (unpaired) electrons. The lowest BCUT2D eigenvalue weighted by atomic mass is 9.70. The molecule has 2 aliphatic carbocycles. The van der Waals surface area contributed by atoms with E-state index in [1.807, 2.05) is 18.2 Å². The van der Waals surface area contributed by atoms with E-state index in [0.29, 0.717) is 0 Å². The van der Waals surface area contributed by atoms with Crippen LogP contribution in [0.25, 0.3) is 43.8 Å². The van der Waals surface area contributed by atoms with E-state index in [-0.39, 0.29) is 5.41 Å². The number of benzene rings is 9. The molecular weight excluding hydrogens is 661 g/mol. The molecule has 0 heterocycles. The fraction of sp³-hybridized carbons (Fsp3) is 0.0909. The van der Waals surface area contributed by atoms with Crippen molar-refractivity contribution in [3.05, 3.63) is 251 Å². The zero-order valence-corrected chi connectivity index (χ0v) is 32.1. The van der Waals surface area contributed by atoms with E-state index in [1.165, 1.54) is 88.3 Å². The highest BCUT2D eigenvalue weighted by molar-refractivity contribution is 5.95. The Kier molecular flexibility index (Phi) is 9.99. The summed E-state index contributed by atoms with van der Waals surface area (Å²) in [6, 6.07) is 73.8. The van der Waals surface area contributed by atoms with Gasteiger partial charge >= 0.3 is 0 Å². The molecule has 0 aliphatic heterocycles. The van der Waals surface area contributed by atoms with Gasteiger partial charge in [-0.05, 0) is 99.3 Å². The molecule has 2 aliphatic rings. The van der Waals surface area contributed by atoms with Gasteiger partial charge in [0.25, 0.3) is 0 Å². The second-order valence-corrected chi connectivity index (χ2v) is 14.7. The van der Waals surface area contributed by atoms with E-state index in [2.05, 4.69) is 216 Å². The summed E-state index contributed by atoms with van der Waals surface area (Å²) in [4.78, 5) is 0. The molecule has 0 atom stereocenters. The zero-order chi connectivity index (χ0) is 37.8. The van der Waals surface area contributed by atoms with Gasteiger partial charge in [0.2, 0.25) is 0 Å². The molecule has 55 heavy (non-hydrogen) atoms. The summed E-state index contributed by atoms with van der Waals surface area (Å²) < 4.78 is 0. The first-order valence-corrected chi connectivity index (χ1v) is 19.3. The van der Waals surface area contributed by atoms with Crippen LogP contribution in [0.1, 0.15) is 44.5 Å². The van der Waals surface area contributed by atoms with E-state index in [4.69, 9.17) is 0 Å². The summed E-state index contributed by atoms with van der Waals surface area (Å²) in [5.41, 5.74) is 16.3. The second-order valence-electron chi connectivity index (χ2n) is 14.7. The van der Waals surface area contributed by atoms with Gasteiger partial charge in [0.1, 0.15) is 0 Å². The molecule has 0 N–H and O–H groups in total. The van der Waals surface area contributed by atoms with Crippen LogP contribution in [0, 0.1) is 27.7 Å². The summed E-state index contributed by atoms with van der Waals surface area (Å²) in [7, 11) is 0. The molecule has 0 amide bonds. The van der Waals surface area contributed by atoms with Crippen LogP contribution in [0.2, 0.25) is 0 Å². The zero-order valence-electron chi connectivity index (χ0n) is 32.1. The fourth-order valence-electron chi connectivity index (χ4n) is 8.44. The van der Waals surface area contributed by atoms with Crippen molar-refractivity contribution in [2.75, 3.05) is 0 Å². The Bertz CT molecular complexity index is 2680. The molecule has 0 saturated carbocycles. The summed E-state index contributed by atoms with van der Waals surface area (Å²) in [5.74, 6) is 0. The quantitative estimate of drug-likeness (QED) is 0.147. The molecule has 0 saturated heterocycles. The second kappa shape index (κ2) is 15.5. The maximum Gasteiger partial charge on any atom is 0.0725 e. The van der Waals surface area contributed by atoms with Gasteiger partial charge in [0, 0.05) is 0 Å². The number of hydrogen-bond donors (Lipinski definition) is 0. The van der Waals surface area contributed by atoms with Crippen molar-refractivity contribution < 1.29 is 0 Å². The maximum absolute atomic E-state index is 2.40. The van der Waals surface area contributed by atoms with Crippen molar-refractivity contribution in [2.24, 2.45) is 0 Å². The first-order chi connectivity index (χ1) is 26.9. The first kappa shape index (κ1) is 35.5. The predicted octanol–water partition coefficient (Wildman–Crippen LogP) is 14.6. The van der Waals surface area contributed by atoms with Gasteiger partial charge < -0.3 is 0 Å². The molecule has 0 heteroatoms. The SMILES string of the molecule is Cc1ccc2c(c1)C1(c3ccccc3-c3ccccc31)c1ccccc1-2.Cc1ccc2ccccc2c1.Cc1cccc2ccccc12.Cc1ccccc1. The summed E-state index contributed by atoms with van der Waals surface area (Å²) >= 11 is 0. The van der Waals surface area contributed by atoms with Crippen LogP contribution >= 0.6 is 0 Å². The molecule has 1 spiro atoms. The Morgan fingerprint density at radius 2 is 0.727 bits per heavy atom. The Morgan fingerprint density at radius 1 is 0.273 bits per heavy atom. The lowest BCUT2D eigenvalue weighted by molar-refractivity contribution is 0.792. The van der Waals surface area contributed by atoms with Crippen molar-refractivity contribution in [3.63, 3.8) is 0 Å². The van der Waals surface area contributed by atoms with E-state index >= 15 is 0 Å². The number of aryl methyl sites for hydroxylation is 4. The van der Waals surface area contributed by atoms with Crippen molar-refractivity contribution in [3.8, 4) is 22.3 Å². The standard InChI is InChI=1S/C26H18.2C11H10.C7H8/c1-17-14-15-21-20-10-4-7-13-24(20)26(25(21)16-17)22-11-5-2-8-18(22)19-9-3-6-12-23(19)26;1-9-5-4-7-10-6-2-3-8-11(9)10;1-9-6-7-10-4-2-3-5-11(10)8-9;1-7-5-3-2-4-6-7/h2-16H,1H3;2*2-8H,1H3;2-6H,1H3. The first-order valence-electron chi connectivity index (χ1n) is 19.3. The highest BCUT2D eigenvalue weighted by Gasteiger charge is 2.51. The third-order valence-corrected chi connectivity index (χ3v) is 11.0. The van der Waals surface area contributed by atoms with Gasteiger partial charge in [-0.3, -0.25) is 0 Å². The van der Waals surface area contributed by atoms with Crippen LogP contribution in [-0.4, -0.2) is 0 Å². The summed E-state index contributed by atoms with van der Waals surface area (Å²) in [6.07, 6.45) is 0.